The van der Waals surface area contributed by atoms with Crippen LogP contribution in [0.1, 0.15) is 31.2 Å². The molecule has 2 aliphatic rings. The minimum absolute atomic E-state index is 0.00537. The first kappa shape index (κ1) is 12.7. The van der Waals surface area contributed by atoms with Gasteiger partial charge >= 0.3 is 6.09 Å². The zero-order valence-electron chi connectivity index (χ0n) is 10.7. The number of benzene rings is 1. The lowest BCUT2D eigenvalue weighted by molar-refractivity contribution is 0.113. The number of nitrogens with zero attached hydrogens (tertiary/aromatic N) is 1. The van der Waals surface area contributed by atoms with Crippen LogP contribution in [0.25, 0.3) is 0 Å². The molecule has 1 unspecified atom stereocenters. The minimum atomic E-state index is -1.34. The van der Waals surface area contributed by atoms with E-state index in [9.17, 15) is 9.00 Å². The third-order valence-corrected chi connectivity index (χ3v) is 5.19. The second kappa shape index (κ2) is 5.33. The minimum Gasteiger partial charge on any atom is -0.443 e. The van der Waals surface area contributed by atoms with Gasteiger partial charge in [0.05, 0.1) is 11.8 Å². The first-order chi connectivity index (χ1) is 9.25. The van der Waals surface area contributed by atoms with Gasteiger partial charge in [0, 0.05) is 0 Å². The Morgan fingerprint density at radius 1 is 1.21 bits per heavy atom. The summed E-state index contributed by atoms with van der Waals surface area (Å²) < 4.78 is 19.2. The number of carbonyl (C=O) groups excluding carboxylic acids is 1. The summed E-state index contributed by atoms with van der Waals surface area (Å²) in [6.07, 6.45) is 3.50. The molecule has 19 heavy (non-hydrogen) atoms. The smallest absolute Gasteiger partial charge is 0.422 e. The monoisotopic (exact) mass is 279 g/mol. The maximum Gasteiger partial charge on any atom is 0.422 e. The fraction of sp³-hybridized carbons (Fsp3) is 0.500. The standard InChI is InChI=1S/C14H17NO3S/c16-14-15(12-8-4-5-9-13(12)18-14)19(17)10-11-6-2-1-3-7-11/h1-3,6-7,12-13H,4-5,8-10H2/t12-,13+,19?/m0/s1. The van der Waals surface area contributed by atoms with Crippen molar-refractivity contribution in [1.29, 1.82) is 0 Å². The van der Waals surface area contributed by atoms with Gasteiger partial charge in [0.15, 0.2) is 0 Å². The van der Waals surface area contributed by atoms with Crippen molar-refractivity contribution in [2.75, 3.05) is 0 Å². The molecule has 0 aromatic heterocycles. The SMILES string of the molecule is O=C1O[C@@H]2CCCC[C@@H]2N1S(=O)Cc1ccccc1. The van der Waals surface area contributed by atoms with Gasteiger partial charge in [-0.25, -0.2) is 13.3 Å². The lowest BCUT2D eigenvalue weighted by atomic mass is 9.93. The van der Waals surface area contributed by atoms with Crippen molar-refractivity contribution >= 4 is 17.1 Å². The Morgan fingerprint density at radius 3 is 2.74 bits per heavy atom. The molecule has 1 amide bonds. The van der Waals surface area contributed by atoms with E-state index < -0.39 is 17.1 Å². The van der Waals surface area contributed by atoms with Crippen LogP contribution in [0.2, 0.25) is 0 Å². The van der Waals surface area contributed by atoms with E-state index in [-0.39, 0.29) is 12.1 Å². The average Bonchev–Trinajstić information content (AvgIpc) is 2.75. The van der Waals surface area contributed by atoms with Gasteiger partial charge in [-0.3, -0.25) is 0 Å². The second-order valence-electron chi connectivity index (χ2n) is 5.05. The molecule has 1 aromatic carbocycles. The van der Waals surface area contributed by atoms with Crippen molar-refractivity contribution in [2.24, 2.45) is 0 Å². The van der Waals surface area contributed by atoms with Crippen LogP contribution in [0.15, 0.2) is 30.3 Å². The van der Waals surface area contributed by atoms with Gasteiger partial charge in [0.2, 0.25) is 0 Å². The van der Waals surface area contributed by atoms with E-state index in [2.05, 4.69) is 0 Å². The summed E-state index contributed by atoms with van der Waals surface area (Å²) in [7, 11) is -1.34. The molecule has 1 saturated heterocycles. The van der Waals surface area contributed by atoms with Crippen LogP contribution in [0.5, 0.6) is 0 Å². The van der Waals surface area contributed by atoms with Crippen molar-refractivity contribution in [2.45, 2.75) is 43.6 Å². The lowest BCUT2D eigenvalue weighted by Crippen LogP contribution is -2.40. The zero-order valence-corrected chi connectivity index (χ0v) is 11.5. The van der Waals surface area contributed by atoms with Crippen molar-refractivity contribution in [3.8, 4) is 0 Å². The van der Waals surface area contributed by atoms with Crippen molar-refractivity contribution in [3.05, 3.63) is 35.9 Å². The molecule has 1 saturated carbocycles. The Balaban J connectivity index is 1.74. The summed E-state index contributed by atoms with van der Waals surface area (Å²) in [6.45, 7) is 0. The molecule has 4 nitrogen and oxygen atoms in total. The molecular formula is C14H17NO3S. The number of carbonyl (C=O) groups is 1. The number of fused-ring (bicyclic) bond motifs is 1. The molecule has 0 N–H and O–H groups in total. The molecule has 0 spiro atoms. The van der Waals surface area contributed by atoms with E-state index in [1.807, 2.05) is 30.3 Å². The number of rotatable bonds is 3. The molecule has 3 rings (SSSR count). The van der Waals surface area contributed by atoms with Gasteiger partial charge < -0.3 is 4.74 Å². The van der Waals surface area contributed by atoms with Crippen LogP contribution in [0, 0.1) is 0 Å². The normalized spacial score (nSPS) is 27.8. The molecule has 102 valence electrons. The summed E-state index contributed by atoms with van der Waals surface area (Å²) in [5.74, 6) is 0.374. The van der Waals surface area contributed by atoms with Gasteiger partial charge in [-0.2, -0.15) is 0 Å². The summed E-state index contributed by atoms with van der Waals surface area (Å²) >= 11 is 0. The predicted molar refractivity (Wildman–Crippen MR) is 72.7 cm³/mol. The lowest BCUT2D eigenvalue weighted by Gasteiger charge is -2.26. The molecule has 3 atom stereocenters. The number of hydrogen-bond donors (Lipinski definition) is 0. The van der Waals surface area contributed by atoms with Crippen LogP contribution < -0.4 is 0 Å². The van der Waals surface area contributed by atoms with Crippen LogP contribution in [0.3, 0.4) is 0 Å². The summed E-state index contributed by atoms with van der Waals surface area (Å²) in [5, 5.41) is 0. The van der Waals surface area contributed by atoms with Crippen LogP contribution in [-0.2, 0) is 21.5 Å². The van der Waals surface area contributed by atoms with Gasteiger partial charge in [0.1, 0.15) is 17.1 Å². The van der Waals surface area contributed by atoms with E-state index in [0.29, 0.717) is 5.75 Å². The van der Waals surface area contributed by atoms with E-state index in [1.165, 1.54) is 4.31 Å². The molecule has 0 bridgehead atoms. The maximum absolute atomic E-state index is 12.4. The fourth-order valence-corrected chi connectivity index (χ4v) is 4.19. The van der Waals surface area contributed by atoms with E-state index >= 15 is 0 Å². The topological polar surface area (TPSA) is 46.6 Å². The van der Waals surface area contributed by atoms with Crippen LogP contribution >= 0.6 is 0 Å². The Hall–Kier alpha value is -1.36. The first-order valence-corrected chi connectivity index (χ1v) is 7.95. The molecular weight excluding hydrogens is 262 g/mol. The van der Waals surface area contributed by atoms with Crippen LogP contribution in [0.4, 0.5) is 4.79 Å². The maximum atomic E-state index is 12.4. The van der Waals surface area contributed by atoms with Gasteiger partial charge in [-0.1, -0.05) is 36.8 Å². The van der Waals surface area contributed by atoms with Gasteiger partial charge in [0.25, 0.3) is 0 Å². The van der Waals surface area contributed by atoms with Crippen LogP contribution in [-0.4, -0.2) is 26.8 Å². The third-order valence-electron chi connectivity index (χ3n) is 3.75. The summed E-state index contributed by atoms with van der Waals surface area (Å²) in [6, 6.07) is 9.62. The largest absolute Gasteiger partial charge is 0.443 e. The highest BCUT2D eigenvalue weighted by Gasteiger charge is 2.45. The van der Waals surface area contributed by atoms with Crippen molar-refractivity contribution in [3.63, 3.8) is 0 Å². The van der Waals surface area contributed by atoms with E-state index in [0.717, 1.165) is 31.2 Å². The summed E-state index contributed by atoms with van der Waals surface area (Å²) in [5.41, 5.74) is 0.980. The molecule has 2 fully saturated rings. The number of amides is 1. The highest BCUT2D eigenvalue weighted by Crippen LogP contribution is 2.33. The molecule has 0 radical (unpaired) electrons. The molecule has 1 aliphatic heterocycles. The number of ether oxygens (including phenoxy) is 1. The Kier molecular flexibility index (Phi) is 3.55. The van der Waals surface area contributed by atoms with Crippen molar-refractivity contribution in [1.82, 2.24) is 4.31 Å². The highest BCUT2D eigenvalue weighted by atomic mass is 32.2. The Morgan fingerprint density at radius 2 is 1.95 bits per heavy atom. The Labute approximate surface area is 115 Å². The second-order valence-corrected chi connectivity index (χ2v) is 6.38. The number of hydrogen-bond acceptors (Lipinski definition) is 3. The van der Waals surface area contributed by atoms with E-state index in [4.69, 9.17) is 4.74 Å². The molecule has 1 aliphatic carbocycles. The zero-order chi connectivity index (χ0) is 13.2. The van der Waals surface area contributed by atoms with E-state index in [1.54, 1.807) is 0 Å². The highest BCUT2D eigenvalue weighted by molar-refractivity contribution is 7.82. The fourth-order valence-electron chi connectivity index (χ4n) is 2.82. The first-order valence-electron chi connectivity index (χ1n) is 6.68. The molecule has 5 heteroatoms. The quantitative estimate of drug-likeness (QED) is 0.854. The third kappa shape index (κ3) is 2.52. The Bertz CT molecular complexity index is 491. The van der Waals surface area contributed by atoms with Crippen molar-refractivity contribution < 1.29 is 13.7 Å². The molecule has 1 heterocycles. The molecule has 1 aromatic rings. The van der Waals surface area contributed by atoms with Gasteiger partial charge in [-0.15, -0.1) is 0 Å². The summed E-state index contributed by atoms with van der Waals surface area (Å²) in [4.78, 5) is 11.9. The predicted octanol–water partition coefficient (Wildman–Crippen LogP) is 2.61. The average molecular weight is 279 g/mol. The van der Waals surface area contributed by atoms with Gasteiger partial charge in [-0.05, 0) is 24.8 Å².